The SMILES string of the molecule is O=C1OC[C@H]2[C@@H]1[C@@H]1C[C@H](O)[C@H]2[C@@H]1O. The molecule has 1 saturated heterocycles. The first-order chi connectivity index (χ1) is 6.20. The predicted octanol–water partition coefficient (Wildman–Crippen LogP) is -0.853. The lowest BCUT2D eigenvalue weighted by molar-refractivity contribution is -0.143. The van der Waals surface area contributed by atoms with Crippen LogP contribution in [-0.4, -0.2) is 35.0 Å². The Kier molecular flexibility index (Phi) is 1.34. The van der Waals surface area contributed by atoms with Crippen LogP contribution in [0.15, 0.2) is 0 Å². The summed E-state index contributed by atoms with van der Waals surface area (Å²) in [4.78, 5) is 11.3. The molecular weight excluding hydrogens is 172 g/mol. The van der Waals surface area contributed by atoms with Gasteiger partial charge in [0.1, 0.15) is 0 Å². The van der Waals surface area contributed by atoms with Gasteiger partial charge in [0, 0.05) is 17.8 Å². The van der Waals surface area contributed by atoms with Gasteiger partial charge in [0.15, 0.2) is 0 Å². The van der Waals surface area contributed by atoms with E-state index in [1.807, 2.05) is 0 Å². The molecule has 4 heteroatoms. The number of cyclic esters (lactones) is 1. The van der Waals surface area contributed by atoms with E-state index in [4.69, 9.17) is 4.74 Å². The van der Waals surface area contributed by atoms with Crippen LogP contribution in [0.2, 0.25) is 0 Å². The van der Waals surface area contributed by atoms with Gasteiger partial charge in [0.05, 0.1) is 24.7 Å². The van der Waals surface area contributed by atoms with Gasteiger partial charge in [0.2, 0.25) is 0 Å². The van der Waals surface area contributed by atoms with Crippen LogP contribution in [0.5, 0.6) is 0 Å². The molecule has 3 aliphatic rings. The fraction of sp³-hybridized carbons (Fsp3) is 0.889. The second kappa shape index (κ2) is 2.25. The van der Waals surface area contributed by atoms with Crippen molar-refractivity contribution in [1.82, 2.24) is 0 Å². The standard InChI is InChI=1S/C9H12O4/c10-5-1-3-6-4(2-13-9(6)12)7(5)8(3)11/h3-8,10-11H,1-2H2/t3-,4-,5-,6-,7-,8+/m0/s1. The van der Waals surface area contributed by atoms with Gasteiger partial charge in [-0.3, -0.25) is 4.79 Å². The molecule has 6 atom stereocenters. The summed E-state index contributed by atoms with van der Waals surface area (Å²) in [7, 11) is 0. The number of fused-ring (bicyclic) bond motifs is 5. The van der Waals surface area contributed by atoms with E-state index in [2.05, 4.69) is 0 Å². The van der Waals surface area contributed by atoms with E-state index in [1.165, 1.54) is 0 Å². The molecule has 3 rings (SSSR count). The summed E-state index contributed by atoms with van der Waals surface area (Å²) in [5.41, 5.74) is 0. The Morgan fingerprint density at radius 3 is 2.85 bits per heavy atom. The quantitative estimate of drug-likeness (QED) is 0.481. The number of hydrogen-bond donors (Lipinski definition) is 2. The van der Waals surface area contributed by atoms with Crippen molar-refractivity contribution in [2.75, 3.05) is 6.61 Å². The van der Waals surface area contributed by atoms with Crippen molar-refractivity contribution in [3.05, 3.63) is 0 Å². The first-order valence-electron chi connectivity index (χ1n) is 4.73. The minimum atomic E-state index is -0.488. The zero-order valence-corrected chi connectivity index (χ0v) is 7.09. The summed E-state index contributed by atoms with van der Waals surface area (Å²) in [6.07, 6.45) is -0.365. The molecule has 2 bridgehead atoms. The second-order valence-corrected chi connectivity index (χ2v) is 4.35. The van der Waals surface area contributed by atoms with Gasteiger partial charge in [-0.2, -0.15) is 0 Å². The smallest absolute Gasteiger partial charge is 0.309 e. The first kappa shape index (κ1) is 7.76. The fourth-order valence-electron chi connectivity index (χ4n) is 3.38. The van der Waals surface area contributed by atoms with Gasteiger partial charge in [0.25, 0.3) is 0 Å². The third-order valence-corrected chi connectivity index (χ3v) is 3.90. The van der Waals surface area contributed by atoms with Crippen molar-refractivity contribution in [2.24, 2.45) is 23.7 Å². The molecule has 1 aliphatic heterocycles. The van der Waals surface area contributed by atoms with Crippen LogP contribution in [0.3, 0.4) is 0 Å². The van der Waals surface area contributed by atoms with Crippen molar-refractivity contribution in [3.8, 4) is 0 Å². The van der Waals surface area contributed by atoms with Gasteiger partial charge in [-0.1, -0.05) is 0 Å². The molecule has 0 radical (unpaired) electrons. The minimum Gasteiger partial charge on any atom is -0.465 e. The normalized spacial score (nSPS) is 58.2. The van der Waals surface area contributed by atoms with Crippen LogP contribution in [0, 0.1) is 23.7 Å². The Bertz CT molecular complexity index is 262. The molecule has 13 heavy (non-hydrogen) atoms. The van der Waals surface area contributed by atoms with Crippen molar-refractivity contribution in [1.29, 1.82) is 0 Å². The highest BCUT2D eigenvalue weighted by molar-refractivity contribution is 5.76. The lowest BCUT2D eigenvalue weighted by Gasteiger charge is -2.23. The number of rotatable bonds is 0. The molecule has 0 amide bonds. The third-order valence-electron chi connectivity index (χ3n) is 3.90. The molecule has 0 aromatic heterocycles. The molecule has 0 aromatic carbocycles. The zero-order chi connectivity index (χ0) is 9.16. The molecule has 2 N–H and O–H groups in total. The summed E-state index contributed by atoms with van der Waals surface area (Å²) in [5.74, 6) is -0.426. The van der Waals surface area contributed by atoms with E-state index in [0.717, 1.165) is 0 Å². The van der Waals surface area contributed by atoms with Crippen LogP contribution in [0.4, 0.5) is 0 Å². The topological polar surface area (TPSA) is 66.8 Å². The highest BCUT2D eigenvalue weighted by atomic mass is 16.5. The third kappa shape index (κ3) is 0.758. The van der Waals surface area contributed by atoms with E-state index >= 15 is 0 Å². The van der Waals surface area contributed by atoms with Crippen molar-refractivity contribution < 1.29 is 19.7 Å². The maximum absolute atomic E-state index is 11.3. The monoisotopic (exact) mass is 184 g/mol. The Balaban J connectivity index is 1.98. The van der Waals surface area contributed by atoms with E-state index in [0.29, 0.717) is 13.0 Å². The highest BCUT2D eigenvalue weighted by Gasteiger charge is 2.63. The molecule has 72 valence electrons. The molecule has 0 aromatic rings. The van der Waals surface area contributed by atoms with E-state index < -0.39 is 12.2 Å². The number of aliphatic hydroxyl groups is 2. The van der Waals surface area contributed by atoms with Crippen molar-refractivity contribution in [3.63, 3.8) is 0 Å². The van der Waals surface area contributed by atoms with Gasteiger partial charge < -0.3 is 14.9 Å². The molecular formula is C9H12O4. The number of aliphatic hydroxyl groups excluding tert-OH is 2. The maximum Gasteiger partial charge on any atom is 0.309 e. The molecule has 4 nitrogen and oxygen atoms in total. The maximum atomic E-state index is 11.3. The number of ether oxygens (including phenoxy) is 1. The van der Waals surface area contributed by atoms with Crippen LogP contribution in [0.1, 0.15) is 6.42 Å². The summed E-state index contributed by atoms with van der Waals surface area (Å²) in [5, 5.41) is 19.4. The Morgan fingerprint density at radius 2 is 2.08 bits per heavy atom. The van der Waals surface area contributed by atoms with Crippen LogP contribution in [0.25, 0.3) is 0 Å². The summed E-state index contributed by atoms with van der Waals surface area (Å²) < 4.78 is 4.94. The van der Waals surface area contributed by atoms with Crippen LogP contribution < -0.4 is 0 Å². The van der Waals surface area contributed by atoms with E-state index in [9.17, 15) is 15.0 Å². The number of hydrogen-bond acceptors (Lipinski definition) is 4. The lowest BCUT2D eigenvalue weighted by Crippen LogP contribution is -2.31. The highest BCUT2D eigenvalue weighted by Crippen LogP contribution is 2.55. The number of carbonyl (C=O) groups excluding carboxylic acids is 1. The van der Waals surface area contributed by atoms with Gasteiger partial charge >= 0.3 is 5.97 Å². The average Bonchev–Trinajstić information content (AvgIpc) is 2.64. The second-order valence-electron chi connectivity index (χ2n) is 4.35. The Labute approximate surface area is 75.5 Å². The van der Waals surface area contributed by atoms with Gasteiger partial charge in [-0.15, -0.1) is 0 Å². The molecule has 0 spiro atoms. The fourth-order valence-corrected chi connectivity index (χ4v) is 3.38. The minimum absolute atomic E-state index is 0.0556. The van der Waals surface area contributed by atoms with Gasteiger partial charge in [-0.25, -0.2) is 0 Å². The molecule has 1 heterocycles. The Hall–Kier alpha value is -0.610. The van der Waals surface area contributed by atoms with Crippen molar-refractivity contribution in [2.45, 2.75) is 18.6 Å². The summed E-state index contributed by atoms with van der Waals surface area (Å²) in [6.45, 7) is 0.388. The Morgan fingerprint density at radius 1 is 1.31 bits per heavy atom. The van der Waals surface area contributed by atoms with Crippen LogP contribution >= 0.6 is 0 Å². The summed E-state index contributed by atoms with van der Waals surface area (Å²) in [6, 6.07) is 0. The van der Waals surface area contributed by atoms with E-state index in [1.54, 1.807) is 0 Å². The average molecular weight is 184 g/mol. The van der Waals surface area contributed by atoms with Crippen LogP contribution in [-0.2, 0) is 9.53 Å². The zero-order valence-electron chi connectivity index (χ0n) is 7.09. The first-order valence-corrected chi connectivity index (χ1v) is 4.73. The van der Waals surface area contributed by atoms with Gasteiger partial charge in [-0.05, 0) is 6.42 Å². The number of esters is 1. The molecule has 0 unspecified atom stereocenters. The molecule has 2 aliphatic carbocycles. The predicted molar refractivity (Wildman–Crippen MR) is 41.5 cm³/mol. The lowest BCUT2D eigenvalue weighted by atomic mass is 9.80. The molecule has 2 saturated carbocycles. The van der Waals surface area contributed by atoms with E-state index in [-0.39, 0.29) is 29.6 Å². The molecule has 3 fully saturated rings. The summed E-state index contributed by atoms with van der Waals surface area (Å²) >= 11 is 0. The number of carbonyl (C=O) groups is 1. The largest absolute Gasteiger partial charge is 0.465 e. The van der Waals surface area contributed by atoms with Crippen molar-refractivity contribution >= 4 is 5.97 Å².